The summed E-state index contributed by atoms with van der Waals surface area (Å²) in [5.41, 5.74) is 1.25. The second-order valence-corrected chi connectivity index (χ2v) is 9.82. The number of nitrogens with one attached hydrogen (secondary N) is 1. The summed E-state index contributed by atoms with van der Waals surface area (Å²) >= 11 is 13.3. The van der Waals surface area contributed by atoms with Gasteiger partial charge in [0, 0.05) is 18.7 Å². The second kappa shape index (κ2) is 13.0. The predicted octanol–water partition coefficient (Wildman–Crippen LogP) is 6.81. The van der Waals surface area contributed by atoms with Gasteiger partial charge in [-0.3, -0.25) is 14.6 Å². The number of benzene rings is 2. The minimum Gasteiger partial charge on any atom is -0.494 e. The smallest absolute Gasteiger partial charge is 0.247 e. The fourth-order valence-corrected chi connectivity index (χ4v) is 4.84. The number of thioether (sulfide) groups is 1. The third-order valence-electron chi connectivity index (χ3n) is 5.19. The SMILES string of the molecule is CCCCCCOc1ccc(N2C(=O)C[C@H](SC(=NCC)Nc3ccc(Cl)c(Cl)c3)C2=O)cc1. The number of anilines is 2. The van der Waals surface area contributed by atoms with Gasteiger partial charge < -0.3 is 10.1 Å². The number of hydrogen-bond acceptors (Lipinski definition) is 5. The molecule has 1 saturated heterocycles. The number of amides is 2. The van der Waals surface area contributed by atoms with E-state index in [4.69, 9.17) is 27.9 Å². The molecule has 2 aromatic carbocycles. The van der Waals surface area contributed by atoms with Crippen molar-refractivity contribution < 1.29 is 14.3 Å². The summed E-state index contributed by atoms with van der Waals surface area (Å²) in [6.45, 7) is 5.26. The Morgan fingerprint density at radius 3 is 2.53 bits per heavy atom. The fraction of sp³-hybridized carbons (Fsp3) is 0.400. The lowest BCUT2D eigenvalue weighted by Crippen LogP contribution is -2.31. The maximum atomic E-state index is 13.1. The van der Waals surface area contributed by atoms with Crippen molar-refractivity contribution in [3.63, 3.8) is 0 Å². The number of nitrogens with zero attached hydrogens (tertiary/aromatic N) is 2. The van der Waals surface area contributed by atoms with Gasteiger partial charge in [0.25, 0.3) is 0 Å². The van der Waals surface area contributed by atoms with Crippen LogP contribution in [0, 0.1) is 0 Å². The Labute approximate surface area is 215 Å². The third kappa shape index (κ3) is 7.14. The molecule has 0 aliphatic carbocycles. The Hall–Kier alpha value is -2.22. The van der Waals surface area contributed by atoms with Gasteiger partial charge in [-0.2, -0.15) is 0 Å². The molecule has 6 nitrogen and oxygen atoms in total. The van der Waals surface area contributed by atoms with Crippen LogP contribution in [-0.4, -0.2) is 35.4 Å². The van der Waals surface area contributed by atoms with E-state index in [9.17, 15) is 9.59 Å². The van der Waals surface area contributed by atoms with Crippen molar-refractivity contribution in [3.8, 4) is 5.75 Å². The molecular weight excluding hydrogens is 493 g/mol. The van der Waals surface area contributed by atoms with Gasteiger partial charge in [-0.25, -0.2) is 4.90 Å². The number of aliphatic imine (C=N–C) groups is 1. The highest BCUT2D eigenvalue weighted by Crippen LogP contribution is 2.32. The lowest BCUT2D eigenvalue weighted by atomic mass is 10.2. The van der Waals surface area contributed by atoms with E-state index in [0.29, 0.717) is 39.7 Å². The number of imide groups is 1. The highest BCUT2D eigenvalue weighted by atomic mass is 35.5. The number of rotatable bonds is 10. The minimum absolute atomic E-state index is 0.102. The van der Waals surface area contributed by atoms with Crippen LogP contribution >= 0.6 is 35.0 Å². The van der Waals surface area contributed by atoms with Crippen LogP contribution in [-0.2, 0) is 9.59 Å². The normalized spacial score (nSPS) is 16.3. The summed E-state index contributed by atoms with van der Waals surface area (Å²) in [5.74, 6) is 0.234. The van der Waals surface area contributed by atoms with Gasteiger partial charge in [0.2, 0.25) is 11.8 Å². The highest BCUT2D eigenvalue weighted by molar-refractivity contribution is 8.15. The first-order valence-corrected chi connectivity index (χ1v) is 13.1. The summed E-state index contributed by atoms with van der Waals surface area (Å²) in [5, 5.41) is 4.02. The average molecular weight is 522 g/mol. The Kier molecular flexibility index (Phi) is 10.1. The molecule has 0 unspecified atom stereocenters. The molecule has 0 spiro atoms. The quantitative estimate of drug-likeness (QED) is 0.161. The zero-order valence-corrected chi connectivity index (χ0v) is 21.7. The van der Waals surface area contributed by atoms with Crippen molar-refractivity contribution in [1.82, 2.24) is 0 Å². The zero-order chi connectivity index (χ0) is 24.5. The molecule has 2 amide bonds. The molecule has 34 heavy (non-hydrogen) atoms. The van der Waals surface area contributed by atoms with Gasteiger partial charge in [-0.05, 0) is 55.8 Å². The third-order valence-corrected chi connectivity index (χ3v) is 7.04. The van der Waals surface area contributed by atoms with E-state index in [-0.39, 0.29) is 18.2 Å². The largest absolute Gasteiger partial charge is 0.494 e. The van der Waals surface area contributed by atoms with E-state index in [1.807, 2.05) is 6.92 Å². The molecule has 9 heteroatoms. The van der Waals surface area contributed by atoms with Crippen molar-refractivity contribution >= 4 is 63.3 Å². The first-order valence-electron chi connectivity index (χ1n) is 11.5. The molecule has 1 N–H and O–H groups in total. The van der Waals surface area contributed by atoms with Crippen LogP contribution in [0.25, 0.3) is 0 Å². The van der Waals surface area contributed by atoms with E-state index in [2.05, 4.69) is 17.2 Å². The summed E-state index contributed by atoms with van der Waals surface area (Å²) in [6.07, 6.45) is 4.64. The van der Waals surface area contributed by atoms with Gasteiger partial charge in [-0.1, -0.05) is 61.1 Å². The Morgan fingerprint density at radius 2 is 1.85 bits per heavy atom. The Morgan fingerprint density at radius 1 is 1.09 bits per heavy atom. The van der Waals surface area contributed by atoms with E-state index in [0.717, 1.165) is 18.6 Å². The molecule has 1 aliphatic rings. The number of halogens is 2. The van der Waals surface area contributed by atoms with Crippen molar-refractivity contribution in [3.05, 3.63) is 52.5 Å². The van der Waals surface area contributed by atoms with E-state index < -0.39 is 5.25 Å². The summed E-state index contributed by atoms with van der Waals surface area (Å²) in [6, 6.07) is 12.2. The number of hydrogen-bond donors (Lipinski definition) is 1. The lowest BCUT2D eigenvalue weighted by Gasteiger charge is -2.16. The van der Waals surface area contributed by atoms with Gasteiger partial charge in [0.05, 0.1) is 22.3 Å². The summed E-state index contributed by atoms with van der Waals surface area (Å²) in [4.78, 5) is 31.5. The van der Waals surface area contributed by atoms with Crippen LogP contribution in [0.15, 0.2) is 47.5 Å². The number of carbonyl (C=O) groups is 2. The Bertz CT molecular complexity index is 1030. The van der Waals surface area contributed by atoms with E-state index >= 15 is 0 Å². The molecule has 2 aromatic rings. The minimum atomic E-state index is -0.567. The molecule has 0 bridgehead atoms. The molecule has 0 radical (unpaired) electrons. The molecular formula is C25H29Cl2N3O3S. The standard InChI is InChI=1S/C25H29Cl2N3O3S/c1-3-5-6-7-14-33-19-11-9-18(10-12-19)30-23(31)16-22(24(30)32)34-25(28-4-2)29-17-8-13-20(26)21(27)15-17/h8-13,15,22H,3-7,14,16H2,1-2H3,(H,28,29)/t22-/m0/s1. The van der Waals surface area contributed by atoms with Gasteiger partial charge >= 0.3 is 0 Å². The van der Waals surface area contributed by atoms with E-state index in [1.165, 1.54) is 29.5 Å². The summed E-state index contributed by atoms with van der Waals surface area (Å²) in [7, 11) is 0. The van der Waals surface area contributed by atoms with Crippen LogP contribution in [0.4, 0.5) is 11.4 Å². The molecule has 0 aromatic heterocycles. The number of amidine groups is 1. The number of ether oxygens (including phenoxy) is 1. The molecule has 3 rings (SSSR count). The average Bonchev–Trinajstić information content (AvgIpc) is 3.09. The van der Waals surface area contributed by atoms with Crippen LogP contribution < -0.4 is 15.0 Å². The van der Waals surface area contributed by atoms with Gasteiger partial charge in [0.1, 0.15) is 11.0 Å². The molecule has 1 atom stereocenters. The first-order chi connectivity index (χ1) is 16.4. The molecule has 1 heterocycles. The van der Waals surface area contributed by atoms with Crippen LogP contribution in [0.5, 0.6) is 5.75 Å². The summed E-state index contributed by atoms with van der Waals surface area (Å²) < 4.78 is 5.76. The first kappa shape index (κ1) is 26.4. The van der Waals surface area contributed by atoms with Crippen molar-refractivity contribution in [2.75, 3.05) is 23.4 Å². The molecule has 182 valence electrons. The zero-order valence-electron chi connectivity index (χ0n) is 19.4. The van der Waals surface area contributed by atoms with Crippen LogP contribution in [0.3, 0.4) is 0 Å². The highest BCUT2D eigenvalue weighted by Gasteiger charge is 2.40. The molecule has 1 fully saturated rings. The fourth-order valence-electron chi connectivity index (χ4n) is 3.46. The van der Waals surface area contributed by atoms with Crippen LogP contribution in [0.2, 0.25) is 10.0 Å². The maximum absolute atomic E-state index is 13.1. The van der Waals surface area contributed by atoms with E-state index in [1.54, 1.807) is 42.5 Å². The predicted molar refractivity (Wildman–Crippen MR) is 143 cm³/mol. The lowest BCUT2D eigenvalue weighted by molar-refractivity contribution is -0.121. The maximum Gasteiger partial charge on any atom is 0.247 e. The number of unbranched alkanes of at least 4 members (excludes halogenated alkanes) is 3. The van der Waals surface area contributed by atoms with Crippen LogP contribution in [0.1, 0.15) is 46.0 Å². The van der Waals surface area contributed by atoms with Crippen molar-refractivity contribution in [1.29, 1.82) is 0 Å². The molecule has 1 aliphatic heterocycles. The van der Waals surface area contributed by atoms with Crippen molar-refractivity contribution in [2.24, 2.45) is 4.99 Å². The topological polar surface area (TPSA) is 71.0 Å². The van der Waals surface area contributed by atoms with Gasteiger partial charge in [-0.15, -0.1) is 0 Å². The second-order valence-electron chi connectivity index (χ2n) is 7.81. The Balaban J connectivity index is 1.62. The number of carbonyl (C=O) groups excluding carboxylic acids is 2. The van der Waals surface area contributed by atoms with Crippen molar-refractivity contribution in [2.45, 2.75) is 51.2 Å². The van der Waals surface area contributed by atoms with Gasteiger partial charge in [0.15, 0.2) is 5.17 Å². The monoisotopic (exact) mass is 521 g/mol. The molecule has 0 saturated carbocycles.